The van der Waals surface area contributed by atoms with E-state index in [4.69, 9.17) is 10.5 Å². The fourth-order valence-corrected chi connectivity index (χ4v) is 2.21. The number of carboxylic acid groups (broad SMARTS) is 1. The maximum absolute atomic E-state index is 12.4. The molecule has 0 fully saturated rings. The minimum Gasteiger partial charge on any atom is -0.548 e. The number of nitrogens with two attached hydrogens (primary N) is 1. The van der Waals surface area contributed by atoms with Crippen LogP contribution in [0.5, 0.6) is 0 Å². The quantitative estimate of drug-likeness (QED) is 0.496. The van der Waals surface area contributed by atoms with Crippen LogP contribution in [0, 0.1) is 5.92 Å². The van der Waals surface area contributed by atoms with Crippen molar-refractivity contribution in [1.29, 1.82) is 0 Å². The maximum Gasteiger partial charge on any atom is 0.408 e. The van der Waals surface area contributed by atoms with Crippen LogP contribution in [0.2, 0.25) is 0 Å². The third-order valence-corrected chi connectivity index (χ3v) is 3.72. The summed E-state index contributed by atoms with van der Waals surface area (Å²) in [4.78, 5) is 46.5. The van der Waals surface area contributed by atoms with E-state index in [1.165, 1.54) is 0 Å². The van der Waals surface area contributed by atoms with Gasteiger partial charge in [0.1, 0.15) is 12.6 Å². The molecule has 0 aliphatic heterocycles. The molecule has 4 N–H and O–H groups in total. The number of nitrogens with one attached hydrogen (secondary N) is 2. The number of aliphatic carboxylic acids is 1. The van der Waals surface area contributed by atoms with E-state index >= 15 is 0 Å². The number of hydrogen-bond acceptors (Lipinski definition) is 6. The number of rotatable bonds is 10. The van der Waals surface area contributed by atoms with E-state index in [1.54, 1.807) is 38.1 Å². The molecular weight excluding hydrogens is 354 g/mol. The van der Waals surface area contributed by atoms with E-state index in [2.05, 4.69) is 10.6 Å². The molecule has 9 nitrogen and oxygen atoms in total. The maximum atomic E-state index is 12.4. The Labute approximate surface area is 157 Å². The van der Waals surface area contributed by atoms with E-state index < -0.39 is 41.9 Å². The van der Waals surface area contributed by atoms with Crippen LogP contribution in [-0.2, 0) is 25.7 Å². The average molecular weight is 378 g/mol. The van der Waals surface area contributed by atoms with Crippen molar-refractivity contribution in [2.75, 3.05) is 0 Å². The van der Waals surface area contributed by atoms with Gasteiger partial charge in [0.25, 0.3) is 0 Å². The molecule has 27 heavy (non-hydrogen) atoms. The monoisotopic (exact) mass is 378 g/mol. The lowest BCUT2D eigenvalue weighted by molar-refractivity contribution is -0.309. The van der Waals surface area contributed by atoms with Gasteiger partial charge in [0.05, 0.1) is 12.0 Å². The molecule has 2 atom stereocenters. The standard InChI is InChI=1S/C18H25N3O6/c1-11(2)15(17(24)25)21-16(23)13(8-9-14(19)22)20-18(26)27-10-12-6-4-3-5-7-12/h3-7,11,13,15H,8-10H2,1-2H3,(H2,19,22)(H,20,26)(H,21,23)(H,24,25)/p-1/t13-,15-/m0/s1. The van der Waals surface area contributed by atoms with Gasteiger partial charge in [-0.25, -0.2) is 4.79 Å². The number of primary amides is 1. The molecule has 1 rings (SSSR count). The molecule has 0 bridgehead atoms. The molecular formula is C18H24N3O6-. The Balaban J connectivity index is 2.71. The van der Waals surface area contributed by atoms with Crippen molar-refractivity contribution in [2.45, 2.75) is 45.4 Å². The first-order valence-corrected chi connectivity index (χ1v) is 8.47. The average Bonchev–Trinajstić information content (AvgIpc) is 2.61. The zero-order valence-electron chi connectivity index (χ0n) is 15.3. The summed E-state index contributed by atoms with van der Waals surface area (Å²) in [5.74, 6) is -3.30. The molecule has 0 heterocycles. The summed E-state index contributed by atoms with van der Waals surface area (Å²) in [6.45, 7) is 3.19. The number of ether oxygens (including phenoxy) is 1. The Bertz CT molecular complexity index is 662. The third-order valence-electron chi connectivity index (χ3n) is 3.72. The molecule has 0 spiro atoms. The second-order valence-electron chi connectivity index (χ2n) is 6.31. The topological polar surface area (TPSA) is 151 Å². The molecule has 0 aromatic heterocycles. The minimum atomic E-state index is -1.45. The number of carboxylic acids is 1. The van der Waals surface area contributed by atoms with Crippen molar-refractivity contribution < 1.29 is 29.0 Å². The second kappa shape index (κ2) is 10.8. The highest BCUT2D eigenvalue weighted by atomic mass is 16.5. The van der Waals surface area contributed by atoms with Gasteiger partial charge >= 0.3 is 6.09 Å². The molecule has 0 saturated carbocycles. The molecule has 1 aromatic carbocycles. The summed E-state index contributed by atoms with van der Waals surface area (Å²) >= 11 is 0. The number of amides is 3. The van der Waals surface area contributed by atoms with Crippen molar-refractivity contribution in [2.24, 2.45) is 11.7 Å². The van der Waals surface area contributed by atoms with Gasteiger partial charge < -0.3 is 31.0 Å². The summed E-state index contributed by atoms with van der Waals surface area (Å²) < 4.78 is 5.04. The number of hydrogen-bond donors (Lipinski definition) is 3. The highest BCUT2D eigenvalue weighted by molar-refractivity contribution is 5.89. The largest absolute Gasteiger partial charge is 0.548 e. The van der Waals surface area contributed by atoms with Crippen LogP contribution in [0.3, 0.4) is 0 Å². The molecule has 0 unspecified atom stereocenters. The fraction of sp³-hybridized carbons (Fsp3) is 0.444. The first-order valence-electron chi connectivity index (χ1n) is 8.47. The SMILES string of the molecule is CC(C)[C@H](NC(=O)[C@H](CCC(N)=O)NC(=O)OCc1ccccc1)C(=O)[O-]. The van der Waals surface area contributed by atoms with Crippen molar-refractivity contribution in [3.63, 3.8) is 0 Å². The molecule has 0 saturated heterocycles. The highest BCUT2D eigenvalue weighted by Gasteiger charge is 2.26. The van der Waals surface area contributed by atoms with Crippen LogP contribution in [0.25, 0.3) is 0 Å². The summed E-state index contributed by atoms with van der Waals surface area (Å²) in [5.41, 5.74) is 5.84. The first kappa shape index (κ1) is 21.9. The molecule has 1 aromatic rings. The van der Waals surface area contributed by atoms with Gasteiger partial charge in [-0.15, -0.1) is 0 Å². The van der Waals surface area contributed by atoms with Crippen LogP contribution >= 0.6 is 0 Å². The van der Waals surface area contributed by atoms with Crippen molar-refractivity contribution in [3.8, 4) is 0 Å². The lowest BCUT2D eigenvalue weighted by atomic mass is 10.0. The Morgan fingerprint density at radius 3 is 2.26 bits per heavy atom. The number of carbonyl (C=O) groups is 4. The van der Waals surface area contributed by atoms with Crippen LogP contribution in [0.1, 0.15) is 32.3 Å². The molecule has 0 aliphatic rings. The molecule has 3 amide bonds. The Kier molecular flexibility index (Phi) is 8.77. The zero-order chi connectivity index (χ0) is 20.4. The normalized spacial score (nSPS) is 12.7. The molecule has 148 valence electrons. The van der Waals surface area contributed by atoms with E-state index in [1.807, 2.05) is 6.07 Å². The van der Waals surface area contributed by atoms with Gasteiger partial charge in [-0.1, -0.05) is 44.2 Å². The minimum absolute atomic E-state index is 0.00943. The van der Waals surface area contributed by atoms with Crippen molar-refractivity contribution >= 4 is 23.9 Å². The lowest BCUT2D eigenvalue weighted by Crippen LogP contribution is -2.56. The second-order valence-corrected chi connectivity index (χ2v) is 6.31. The van der Waals surface area contributed by atoms with Gasteiger partial charge in [0.2, 0.25) is 11.8 Å². The van der Waals surface area contributed by atoms with Gasteiger partial charge in [-0.2, -0.15) is 0 Å². The van der Waals surface area contributed by atoms with Gasteiger partial charge in [0, 0.05) is 6.42 Å². The number of benzene rings is 1. The fourth-order valence-electron chi connectivity index (χ4n) is 2.21. The number of alkyl carbamates (subject to hydrolysis) is 1. The zero-order valence-corrected chi connectivity index (χ0v) is 15.3. The predicted molar refractivity (Wildman–Crippen MR) is 93.8 cm³/mol. The smallest absolute Gasteiger partial charge is 0.408 e. The summed E-state index contributed by atoms with van der Waals surface area (Å²) in [7, 11) is 0. The predicted octanol–water partition coefficient (Wildman–Crippen LogP) is -0.562. The molecule has 9 heteroatoms. The van der Waals surface area contributed by atoms with Gasteiger partial charge in [0.15, 0.2) is 0 Å². The van der Waals surface area contributed by atoms with E-state index in [-0.39, 0.29) is 19.4 Å². The third kappa shape index (κ3) is 8.21. The summed E-state index contributed by atoms with van der Waals surface area (Å²) in [6, 6.07) is 6.49. The Morgan fingerprint density at radius 2 is 1.74 bits per heavy atom. The Hall–Kier alpha value is -3.10. The first-order chi connectivity index (χ1) is 12.7. The van der Waals surface area contributed by atoms with Gasteiger partial charge in [-0.05, 0) is 17.9 Å². The van der Waals surface area contributed by atoms with E-state index in [0.717, 1.165) is 5.56 Å². The lowest BCUT2D eigenvalue weighted by Gasteiger charge is -2.26. The van der Waals surface area contributed by atoms with E-state index in [0.29, 0.717) is 0 Å². The summed E-state index contributed by atoms with van der Waals surface area (Å²) in [6.07, 6.45) is -1.15. The van der Waals surface area contributed by atoms with E-state index in [9.17, 15) is 24.3 Å². The van der Waals surface area contributed by atoms with Crippen LogP contribution < -0.4 is 21.5 Å². The molecule has 0 radical (unpaired) electrons. The molecule has 0 aliphatic carbocycles. The highest BCUT2D eigenvalue weighted by Crippen LogP contribution is 2.05. The van der Waals surface area contributed by atoms with Crippen molar-refractivity contribution in [1.82, 2.24) is 10.6 Å². The summed E-state index contributed by atoms with van der Waals surface area (Å²) in [5, 5.41) is 15.8. The van der Waals surface area contributed by atoms with Crippen molar-refractivity contribution in [3.05, 3.63) is 35.9 Å². The number of carbonyl (C=O) groups excluding carboxylic acids is 4. The van der Waals surface area contributed by atoms with Crippen LogP contribution in [0.15, 0.2) is 30.3 Å². The van der Waals surface area contributed by atoms with Crippen LogP contribution in [0.4, 0.5) is 4.79 Å². The Morgan fingerprint density at radius 1 is 1.11 bits per heavy atom. The van der Waals surface area contributed by atoms with Crippen LogP contribution in [-0.4, -0.2) is 36.0 Å². The van der Waals surface area contributed by atoms with Gasteiger partial charge in [-0.3, -0.25) is 9.59 Å².